The Bertz CT molecular complexity index is 507. The third-order valence-corrected chi connectivity index (χ3v) is 5.32. The Balaban J connectivity index is 1.63. The minimum absolute atomic E-state index is 0.366. The summed E-state index contributed by atoms with van der Waals surface area (Å²) < 4.78 is 0. The smallest absolute Gasteiger partial charge is 0.335 e. The molecule has 1 fully saturated rings. The van der Waals surface area contributed by atoms with Crippen molar-refractivity contribution in [3.8, 4) is 0 Å². The van der Waals surface area contributed by atoms with E-state index in [1.54, 1.807) is 12.1 Å². The number of unbranched alkanes of at least 4 members (excludes halogenated alkanes) is 2. The molecule has 1 aromatic carbocycles. The molecule has 132 valence electrons. The Kier molecular flexibility index (Phi) is 8.07. The lowest BCUT2D eigenvalue weighted by molar-refractivity contribution is 0.0697. The summed E-state index contributed by atoms with van der Waals surface area (Å²) in [6.45, 7) is 2.28. The second kappa shape index (κ2) is 10.3. The Hall–Kier alpha value is -1.57. The summed E-state index contributed by atoms with van der Waals surface area (Å²) in [7, 11) is 0. The van der Waals surface area contributed by atoms with Crippen molar-refractivity contribution in [2.75, 3.05) is 0 Å². The zero-order valence-electron chi connectivity index (χ0n) is 15.0. The molecule has 0 heterocycles. The van der Waals surface area contributed by atoms with Crippen LogP contribution in [-0.2, 0) is 6.42 Å². The topological polar surface area (TPSA) is 37.3 Å². The molecular formula is C22H32O2. The number of aromatic carboxylic acids is 1. The standard InChI is InChI=1S/C22H32O2/c1-2-3-4-7-18-10-12-19(13-11-18)8-5-6-9-20-14-16-21(17-15-20)22(23)24/h5,8,14-19H,2-4,6-7,9-13H2,1H3,(H,23,24)/b8-5+/t18-,19-. The summed E-state index contributed by atoms with van der Waals surface area (Å²) in [5, 5.41) is 8.90. The number of hydrogen-bond acceptors (Lipinski definition) is 1. The van der Waals surface area contributed by atoms with Gasteiger partial charge < -0.3 is 5.11 Å². The molecule has 1 saturated carbocycles. The van der Waals surface area contributed by atoms with E-state index in [0.717, 1.165) is 24.7 Å². The first-order chi connectivity index (χ1) is 11.7. The Morgan fingerprint density at radius 1 is 1.12 bits per heavy atom. The van der Waals surface area contributed by atoms with Crippen LogP contribution in [0.4, 0.5) is 0 Å². The summed E-state index contributed by atoms with van der Waals surface area (Å²) in [5.41, 5.74) is 1.58. The van der Waals surface area contributed by atoms with Gasteiger partial charge in [-0.3, -0.25) is 0 Å². The molecule has 0 bridgehead atoms. The van der Waals surface area contributed by atoms with Gasteiger partial charge in [-0.05, 0) is 68.1 Å². The molecule has 2 nitrogen and oxygen atoms in total. The number of aryl methyl sites for hydroxylation is 1. The van der Waals surface area contributed by atoms with Gasteiger partial charge in [0.2, 0.25) is 0 Å². The van der Waals surface area contributed by atoms with E-state index in [4.69, 9.17) is 5.11 Å². The number of hydrogen-bond donors (Lipinski definition) is 1. The molecule has 0 radical (unpaired) electrons. The van der Waals surface area contributed by atoms with Gasteiger partial charge in [-0.15, -0.1) is 0 Å². The number of carbonyl (C=O) groups is 1. The first-order valence-corrected chi connectivity index (χ1v) is 9.68. The van der Waals surface area contributed by atoms with Crippen molar-refractivity contribution in [3.63, 3.8) is 0 Å². The molecule has 2 rings (SSSR count). The first kappa shape index (κ1) is 18.8. The predicted octanol–water partition coefficient (Wildman–Crippen LogP) is 6.26. The SMILES string of the molecule is CCCCC[C@H]1CC[C@H](/C=C/CCc2ccc(C(=O)O)cc2)CC1. The fraction of sp³-hybridized carbons (Fsp3) is 0.591. The van der Waals surface area contributed by atoms with Gasteiger partial charge in [-0.25, -0.2) is 4.79 Å². The van der Waals surface area contributed by atoms with Gasteiger partial charge in [0, 0.05) is 0 Å². The number of rotatable bonds is 9. The van der Waals surface area contributed by atoms with Crippen LogP contribution >= 0.6 is 0 Å². The monoisotopic (exact) mass is 328 g/mol. The van der Waals surface area contributed by atoms with Crippen LogP contribution in [0.1, 0.15) is 80.6 Å². The number of carboxylic acids is 1. The Labute approximate surface area is 147 Å². The molecule has 1 aliphatic carbocycles. The van der Waals surface area contributed by atoms with E-state index in [2.05, 4.69) is 19.1 Å². The van der Waals surface area contributed by atoms with Crippen molar-refractivity contribution in [1.82, 2.24) is 0 Å². The van der Waals surface area contributed by atoms with Crippen LogP contribution in [0.2, 0.25) is 0 Å². The van der Waals surface area contributed by atoms with E-state index in [-0.39, 0.29) is 0 Å². The Morgan fingerprint density at radius 3 is 2.46 bits per heavy atom. The molecule has 0 unspecified atom stereocenters. The molecule has 0 aromatic heterocycles. The van der Waals surface area contributed by atoms with E-state index in [1.807, 2.05) is 12.1 Å². The molecule has 0 saturated heterocycles. The zero-order chi connectivity index (χ0) is 17.2. The van der Waals surface area contributed by atoms with Gasteiger partial charge in [0.05, 0.1) is 5.56 Å². The summed E-state index contributed by atoms with van der Waals surface area (Å²) in [6.07, 6.45) is 17.9. The third-order valence-electron chi connectivity index (χ3n) is 5.32. The highest BCUT2D eigenvalue weighted by atomic mass is 16.4. The third kappa shape index (κ3) is 6.51. The molecular weight excluding hydrogens is 296 g/mol. The van der Waals surface area contributed by atoms with E-state index in [0.29, 0.717) is 5.56 Å². The fourth-order valence-corrected chi connectivity index (χ4v) is 3.71. The highest BCUT2D eigenvalue weighted by Gasteiger charge is 2.18. The molecule has 1 aromatic rings. The molecule has 0 amide bonds. The lowest BCUT2D eigenvalue weighted by atomic mass is 9.79. The second-order valence-corrected chi connectivity index (χ2v) is 7.25. The van der Waals surface area contributed by atoms with Crippen LogP contribution in [0.25, 0.3) is 0 Å². The fourth-order valence-electron chi connectivity index (χ4n) is 3.71. The Morgan fingerprint density at radius 2 is 1.83 bits per heavy atom. The predicted molar refractivity (Wildman–Crippen MR) is 100 cm³/mol. The van der Waals surface area contributed by atoms with Crippen LogP contribution in [-0.4, -0.2) is 11.1 Å². The lowest BCUT2D eigenvalue weighted by Gasteiger charge is -2.26. The molecule has 1 aliphatic rings. The maximum absolute atomic E-state index is 10.8. The normalized spacial score (nSPS) is 21.2. The van der Waals surface area contributed by atoms with E-state index < -0.39 is 5.97 Å². The van der Waals surface area contributed by atoms with Gasteiger partial charge in [0.25, 0.3) is 0 Å². The average Bonchev–Trinajstić information content (AvgIpc) is 2.60. The van der Waals surface area contributed by atoms with Gasteiger partial charge in [-0.1, -0.05) is 56.9 Å². The largest absolute Gasteiger partial charge is 0.478 e. The minimum atomic E-state index is -0.855. The van der Waals surface area contributed by atoms with E-state index in [9.17, 15) is 4.79 Å². The highest BCUT2D eigenvalue weighted by molar-refractivity contribution is 5.87. The van der Waals surface area contributed by atoms with Crippen molar-refractivity contribution >= 4 is 5.97 Å². The van der Waals surface area contributed by atoms with Crippen molar-refractivity contribution in [2.45, 2.75) is 71.1 Å². The molecule has 0 aliphatic heterocycles. The maximum Gasteiger partial charge on any atom is 0.335 e. The van der Waals surface area contributed by atoms with Crippen LogP contribution in [0, 0.1) is 11.8 Å². The van der Waals surface area contributed by atoms with Gasteiger partial charge in [0.1, 0.15) is 0 Å². The van der Waals surface area contributed by atoms with Gasteiger partial charge in [-0.2, -0.15) is 0 Å². The molecule has 1 N–H and O–H groups in total. The summed E-state index contributed by atoms with van der Waals surface area (Å²) in [5.74, 6) is 0.905. The van der Waals surface area contributed by atoms with Crippen LogP contribution < -0.4 is 0 Å². The van der Waals surface area contributed by atoms with Crippen molar-refractivity contribution in [1.29, 1.82) is 0 Å². The lowest BCUT2D eigenvalue weighted by Crippen LogP contribution is -2.13. The molecule has 0 atom stereocenters. The van der Waals surface area contributed by atoms with Crippen LogP contribution in [0.5, 0.6) is 0 Å². The first-order valence-electron chi connectivity index (χ1n) is 9.68. The zero-order valence-corrected chi connectivity index (χ0v) is 15.0. The van der Waals surface area contributed by atoms with Crippen LogP contribution in [0.15, 0.2) is 36.4 Å². The number of carboxylic acid groups (broad SMARTS) is 1. The molecule has 0 spiro atoms. The van der Waals surface area contributed by atoms with Gasteiger partial charge >= 0.3 is 5.97 Å². The molecule has 24 heavy (non-hydrogen) atoms. The number of allylic oxidation sites excluding steroid dienone is 2. The summed E-state index contributed by atoms with van der Waals surface area (Å²) in [4.78, 5) is 10.8. The van der Waals surface area contributed by atoms with E-state index in [1.165, 1.54) is 56.9 Å². The van der Waals surface area contributed by atoms with Crippen molar-refractivity contribution in [2.24, 2.45) is 11.8 Å². The summed E-state index contributed by atoms with van der Waals surface area (Å²) in [6, 6.07) is 7.25. The van der Waals surface area contributed by atoms with Crippen molar-refractivity contribution < 1.29 is 9.90 Å². The quantitative estimate of drug-likeness (QED) is 0.429. The van der Waals surface area contributed by atoms with Crippen LogP contribution in [0.3, 0.4) is 0 Å². The second-order valence-electron chi connectivity index (χ2n) is 7.25. The highest BCUT2D eigenvalue weighted by Crippen LogP contribution is 2.32. The summed E-state index contributed by atoms with van der Waals surface area (Å²) >= 11 is 0. The molecule has 2 heteroatoms. The van der Waals surface area contributed by atoms with Gasteiger partial charge in [0.15, 0.2) is 0 Å². The maximum atomic E-state index is 10.8. The van der Waals surface area contributed by atoms with Crippen molar-refractivity contribution in [3.05, 3.63) is 47.5 Å². The minimum Gasteiger partial charge on any atom is -0.478 e. The number of benzene rings is 1. The van der Waals surface area contributed by atoms with E-state index >= 15 is 0 Å². The average molecular weight is 328 g/mol.